The smallest absolute Gasteiger partial charge is 0 e. The Morgan fingerprint density at radius 3 is 0.500 bits per heavy atom. The van der Waals surface area contributed by atoms with Gasteiger partial charge >= 0.3 is 0 Å². The van der Waals surface area contributed by atoms with Crippen molar-refractivity contribution in [2.24, 2.45) is 0 Å². The molecule has 0 aromatic rings. The maximum absolute atomic E-state index is 2.75. The highest BCUT2D eigenvalue weighted by atomic mass is 28.1. The van der Waals surface area contributed by atoms with Crippen LogP contribution in [0.3, 0.4) is 0 Å². The molecule has 10 heavy (non-hydrogen) atoms. The number of nitrogens with one attached hydrogen (secondary N) is 3. The van der Waals surface area contributed by atoms with E-state index in [1.54, 1.807) is 0 Å². The van der Waals surface area contributed by atoms with E-state index in [1.165, 1.54) is 0 Å². The molecule has 0 fully saturated rings. The van der Waals surface area contributed by atoms with Crippen LogP contribution in [0.1, 0.15) is 0 Å². The summed E-state index contributed by atoms with van der Waals surface area (Å²) in [6.45, 7) is 0. The van der Waals surface area contributed by atoms with Crippen molar-refractivity contribution in [3.8, 4) is 0 Å². The average molecular weight is 163 g/mol. The van der Waals surface area contributed by atoms with Crippen molar-refractivity contribution in [2.45, 2.75) is 0 Å². The van der Waals surface area contributed by atoms with Gasteiger partial charge in [-0.2, -0.15) is 0 Å². The van der Waals surface area contributed by atoms with Crippen molar-refractivity contribution >= 4 is 11.0 Å². The van der Waals surface area contributed by atoms with E-state index in [-0.39, 0.29) is 11.0 Å². The van der Waals surface area contributed by atoms with Crippen LogP contribution in [0.25, 0.3) is 0 Å². The van der Waals surface area contributed by atoms with E-state index in [0.29, 0.717) is 0 Å². The summed E-state index contributed by atoms with van der Waals surface area (Å²) in [6.07, 6.45) is 0. The lowest BCUT2D eigenvalue weighted by Gasteiger charge is -1.59. The standard InChI is InChI=1S/3C2H7N.Si/c3*1-3-2;/h3*3H,1-2H3;. The Bertz CT molecular complexity index is 17.7. The number of hydrogen-bond acceptors (Lipinski definition) is 3. The maximum atomic E-state index is 2.75. The van der Waals surface area contributed by atoms with Gasteiger partial charge in [0.2, 0.25) is 0 Å². The summed E-state index contributed by atoms with van der Waals surface area (Å²) in [5, 5.41) is 8.25. The summed E-state index contributed by atoms with van der Waals surface area (Å²) >= 11 is 0. The van der Waals surface area contributed by atoms with Gasteiger partial charge in [0.1, 0.15) is 0 Å². The molecule has 0 heterocycles. The fraction of sp³-hybridized carbons (Fsp3) is 1.00. The zero-order chi connectivity index (χ0) is 8.12. The zero-order valence-corrected chi connectivity index (χ0v) is 9.00. The SMILES string of the molecule is CNC.CNC.CNC.[Si]. The highest BCUT2D eigenvalue weighted by Gasteiger charge is 1.26. The molecule has 3 N–H and O–H groups in total. The molecule has 0 aliphatic rings. The Kier molecular flexibility index (Phi) is 140. The van der Waals surface area contributed by atoms with E-state index in [4.69, 9.17) is 0 Å². The van der Waals surface area contributed by atoms with Gasteiger partial charge in [-0.25, -0.2) is 0 Å². The van der Waals surface area contributed by atoms with Gasteiger partial charge < -0.3 is 16.0 Å². The third-order valence-corrected chi connectivity index (χ3v) is 0. The first-order valence-corrected chi connectivity index (χ1v) is 3.00. The second-order valence-corrected chi connectivity index (χ2v) is 1.50. The van der Waals surface area contributed by atoms with Crippen molar-refractivity contribution < 1.29 is 0 Å². The van der Waals surface area contributed by atoms with Crippen LogP contribution < -0.4 is 16.0 Å². The van der Waals surface area contributed by atoms with E-state index in [9.17, 15) is 0 Å². The fourth-order valence-corrected chi connectivity index (χ4v) is 0. The topological polar surface area (TPSA) is 36.1 Å². The average Bonchev–Trinajstić information content (AvgIpc) is 1.70. The summed E-state index contributed by atoms with van der Waals surface area (Å²) in [7, 11) is 11.2. The molecular formula is C6H21N3Si. The molecule has 0 aliphatic heterocycles. The Morgan fingerprint density at radius 1 is 0.500 bits per heavy atom. The Morgan fingerprint density at radius 2 is 0.500 bits per heavy atom. The molecule has 0 aromatic carbocycles. The van der Waals surface area contributed by atoms with Crippen LogP contribution in [0, 0.1) is 0 Å². The molecule has 64 valence electrons. The van der Waals surface area contributed by atoms with Gasteiger partial charge in [-0.3, -0.25) is 0 Å². The van der Waals surface area contributed by atoms with E-state index < -0.39 is 0 Å². The van der Waals surface area contributed by atoms with Crippen LogP contribution in [-0.2, 0) is 0 Å². The third-order valence-electron chi connectivity index (χ3n) is 0. The highest BCUT2D eigenvalue weighted by Crippen LogP contribution is 0.987. The summed E-state index contributed by atoms with van der Waals surface area (Å²) in [4.78, 5) is 0. The van der Waals surface area contributed by atoms with Crippen LogP contribution in [0.5, 0.6) is 0 Å². The molecule has 0 atom stereocenters. The minimum Gasteiger partial charge on any atom is -0.323 e. The molecule has 0 aliphatic carbocycles. The van der Waals surface area contributed by atoms with Gasteiger partial charge in [0.05, 0.1) is 0 Å². The van der Waals surface area contributed by atoms with Crippen molar-refractivity contribution in [1.82, 2.24) is 16.0 Å². The minimum atomic E-state index is 0. The molecule has 0 rings (SSSR count). The van der Waals surface area contributed by atoms with Crippen LogP contribution in [0.2, 0.25) is 0 Å². The second kappa shape index (κ2) is 62.2. The van der Waals surface area contributed by atoms with Gasteiger partial charge in [0, 0.05) is 11.0 Å². The monoisotopic (exact) mass is 163 g/mol. The fourth-order valence-electron chi connectivity index (χ4n) is 0. The predicted octanol–water partition coefficient (Wildman–Crippen LogP) is -0.874. The van der Waals surface area contributed by atoms with Gasteiger partial charge in [-0.05, 0) is 42.3 Å². The van der Waals surface area contributed by atoms with E-state index in [0.717, 1.165) is 0 Å². The first-order valence-electron chi connectivity index (χ1n) is 3.00. The highest BCUT2D eigenvalue weighted by molar-refractivity contribution is 5.75. The van der Waals surface area contributed by atoms with Gasteiger partial charge in [-0.15, -0.1) is 0 Å². The van der Waals surface area contributed by atoms with Crippen molar-refractivity contribution in [2.75, 3.05) is 42.3 Å². The van der Waals surface area contributed by atoms with Crippen molar-refractivity contribution in [1.29, 1.82) is 0 Å². The van der Waals surface area contributed by atoms with E-state index in [1.807, 2.05) is 42.3 Å². The van der Waals surface area contributed by atoms with E-state index in [2.05, 4.69) is 16.0 Å². The van der Waals surface area contributed by atoms with Crippen LogP contribution in [0.4, 0.5) is 0 Å². The third kappa shape index (κ3) is 43400. The van der Waals surface area contributed by atoms with Crippen LogP contribution in [-0.4, -0.2) is 53.3 Å². The Hall–Kier alpha value is 0.0969. The first kappa shape index (κ1) is 22.5. The van der Waals surface area contributed by atoms with Crippen LogP contribution >= 0.6 is 0 Å². The molecule has 0 bridgehead atoms. The Balaban J connectivity index is -0.0000000257. The minimum absolute atomic E-state index is 0. The lowest BCUT2D eigenvalue weighted by Crippen LogP contribution is -1.89. The molecule has 0 saturated carbocycles. The molecule has 4 heteroatoms. The summed E-state index contributed by atoms with van der Waals surface area (Å²) < 4.78 is 0. The first-order chi connectivity index (χ1) is 4.24. The zero-order valence-electron chi connectivity index (χ0n) is 8.00. The van der Waals surface area contributed by atoms with Crippen molar-refractivity contribution in [3.05, 3.63) is 0 Å². The van der Waals surface area contributed by atoms with Gasteiger partial charge in [-0.1, -0.05) is 0 Å². The molecular weight excluding hydrogens is 142 g/mol. The molecule has 0 saturated heterocycles. The summed E-state index contributed by atoms with van der Waals surface area (Å²) in [6, 6.07) is 0. The predicted molar refractivity (Wildman–Crippen MR) is 50.7 cm³/mol. The van der Waals surface area contributed by atoms with Crippen LogP contribution in [0.15, 0.2) is 0 Å². The number of hydrogen-bond donors (Lipinski definition) is 3. The molecule has 0 amide bonds. The molecule has 0 aromatic heterocycles. The maximum Gasteiger partial charge on any atom is 0 e. The summed E-state index contributed by atoms with van der Waals surface area (Å²) in [5.41, 5.74) is 0. The quantitative estimate of drug-likeness (QED) is 0.406. The lowest BCUT2D eigenvalue weighted by molar-refractivity contribution is 1.02. The number of rotatable bonds is 0. The van der Waals surface area contributed by atoms with Crippen molar-refractivity contribution in [3.63, 3.8) is 0 Å². The molecule has 4 radical (unpaired) electrons. The Labute approximate surface area is 70.0 Å². The molecule has 0 unspecified atom stereocenters. The lowest BCUT2D eigenvalue weighted by atomic mass is 11.3. The largest absolute Gasteiger partial charge is 0.323 e. The molecule has 0 spiro atoms. The summed E-state index contributed by atoms with van der Waals surface area (Å²) in [5.74, 6) is 0. The molecule has 3 nitrogen and oxygen atoms in total. The van der Waals surface area contributed by atoms with Gasteiger partial charge in [0.15, 0.2) is 0 Å². The second-order valence-electron chi connectivity index (χ2n) is 1.50. The van der Waals surface area contributed by atoms with Gasteiger partial charge in [0.25, 0.3) is 0 Å². The van der Waals surface area contributed by atoms with E-state index >= 15 is 0 Å². The normalized spacial score (nSPS) is 5.40.